The molecular weight excluding hydrogens is 380 g/mol. The van der Waals surface area contributed by atoms with Crippen molar-refractivity contribution >= 4 is 38.7 Å². The minimum Gasteiger partial charge on any atom is -0.336 e. The predicted octanol–water partition coefficient (Wildman–Crippen LogP) is 2.76. The number of nitrogens with zero attached hydrogens (tertiary/aromatic N) is 2. The number of benzene rings is 1. The van der Waals surface area contributed by atoms with E-state index in [1.165, 1.54) is 17.0 Å². The fourth-order valence-corrected chi connectivity index (χ4v) is 4.55. The zero-order valence-electron chi connectivity index (χ0n) is 13.8. The van der Waals surface area contributed by atoms with Crippen molar-refractivity contribution in [3.05, 3.63) is 51.2 Å². The van der Waals surface area contributed by atoms with Gasteiger partial charge < -0.3 is 4.90 Å². The van der Waals surface area contributed by atoms with Crippen LogP contribution >= 0.6 is 22.9 Å². The minimum absolute atomic E-state index is 0.0566. The number of carbonyl (C=O) groups excluding carboxylic acids is 1. The highest BCUT2D eigenvalue weighted by Gasteiger charge is 2.22. The van der Waals surface area contributed by atoms with E-state index in [0.29, 0.717) is 18.7 Å². The zero-order chi connectivity index (χ0) is 18.0. The first kappa shape index (κ1) is 18.4. The van der Waals surface area contributed by atoms with E-state index in [9.17, 15) is 13.2 Å². The molecule has 3 rings (SSSR count). The lowest BCUT2D eigenvalue weighted by molar-refractivity contribution is 0.0629. The van der Waals surface area contributed by atoms with Crippen molar-refractivity contribution in [3.8, 4) is 0 Å². The molecule has 0 atom stereocenters. The Kier molecular flexibility index (Phi) is 5.48. The predicted molar refractivity (Wildman–Crippen MR) is 100 cm³/mol. The first-order valence-electron chi connectivity index (χ1n) is 7.89. The molecule has 0 N–H and O–H groups in total. The maximum atomic E-state index is 12.6. The van der Waals surface area contributed by atoms with Gasteiger partial charge in [0.2, 0.25) is 0 Å². The number of rotatable bonds is 4. The maximum Gasteiger partial charge on any atom is 0.253 e. The number of carbonyl (C=O) groups is 1. The molecule has 1 amide bonds. The molecule has 8 heteroatoms. The standard InChI is InChI=1S/C17H19ClN2O3S2/c1-25(22,23)15-5-2-13(3-6-15)17(21)20-10-8-19(9-11-20)12-14-4-7-16(18)24-14/h2-7H,8-12H2,1H3. The fraction of sp³-hybridized carbons (Fsp3) is 0.353. The number of hydrogen-bond acceptors (Lipinski definition) is 5. The van der Waals surface area contributed by atoms with Gasteiger partial charge in [0.15, 0.2) is 9.84 Å². The molecule has 0 unspecified atom stereocenters. The zero-order valence-corrected chi connectivity index (χ0v) is 16.2. The third-order valence-corrected chi connectivity index (χ3v) is 6.54. The first-order valence-corrected chi connectivity index (χ1v) is 11.0. The second-order valence-corrected chi connectivity index (χ2v) is 9.89. The average molecular weight is 399 g/mol. The van der Waals surface area contributed by atoms with Crippen molar-refractivity contribution in [1.82, 2.24) is 9.80 Å². The van der Waals surface area contributed by atoms with Crippen LogP contribution in [0.3, 0.4) is 0 Å². The Bertz CT molecular complexity index is 854. The van der Waals surface area contributed by atoms with Crippen molar-refractivity contribution in [2.75, 3.05) is 32.4 Å². The largest absolute Gasteiger partial charge is 0.336 e. The normalized spacial score (nSPS) is 16.2. The van der Waals surface area contributed by atoms with Gasteiger partial charge in [0.1, 0.15) is 0 Å². The Labute approximate surface area is 156 Å². The summed E-state index contributed by atoms with van der Waals surface area (Å²) in [6.07, 6.45) is 1.16. The molecule has 0 radical (unpaired) electrons. The summed E-state index contributed by atoms with van der Waals surface area (Å²) in [5.74, 6) is -0.0566. The minimum atomic E-state index is -3.25. The van der Waals surface area contributed by atoms with E-state index in [0.717, 1.165) is 30.2 Å². The van der Waals surface area contributed by atoms with Crippen LogP contribution in [0.5, 0.6) is 0 Å². The van der Waals surface area contributed by atoms with Crippen LogP contribution in [0.1, 0.15) is 15.2 Å². The molecule has 25 heavy (non-hydrogen) atoms. The molecule has 1 aromatic carbocycles. The Morgan fingerprint density at radius 2 is 1.72 bits per heavy atom. The number of hydrogen-bond donors (Lipinski definition) is 0. The molecule has 2 aromatic rings. The van der Waals surface area contributed by atoms with Gasteiger partial charge in [-0.1, -0.05) is 11.6 Å². The van der Waals surface area contributed by atoms with Crippen LogP contribution in [0.2, 0.25) is 4.34 Å². The lowest BCUT2D eigenvalue weighted by atomic mass is 10.2. The maximum absolute atomic E-state index is 12.6. The van der Waals surface area contributed by atoms with Gasteiger partial charge >= 0.3 is 0 Å². The van der Waals surface area contributed by atoms with Gasteiger partial charge in [0.05, 0.1) is 9.23 Å². The van der Waals surface area contributed by atoms with Gasteiger partial charge in [-0.05, 0) is 36.4 Å². The molecule has 1 saturated heterocycles. The number of thiophene rings is 1. The van der Waals surface area contributed by atoms with Crippen LogP contribution in [-0.4, -0.2) is 56.6 Å². The van der Waals surface area contributed by atoms with Gasteiger partial charge in [-0.25, -0.2) is 8.42 Å². The summed E-state index contributed by atoms with van der Waals surface area (Å²) in [7, 11) is -3.25. The van der Waals surface area contributed by atoms with Crippen LogP contribution in [0.25, 0.3) is 0 Å². The third-order valence-electron chi connectivity index (χ3n) is 4.20. The molecule has 134 valence electrons. The lowest BCUT2D eigenvalue weighted by Gasteiger charge is -2.34. The molecule has 2 heterocycles. The number of amides is 1. The van der Waals surface area contributed by atoms with Gasteiger partial charge in [-0.3, -0.25) is 9.69 Å². The molecule has 1 aliphatic rings. The topological polar surface area (TPSA) is 57.7 Å². The summed E-state index contributed by atoms with van der Waals surface area (Å²) < 4.78 is 23.8. The van der Waals surface area contributed by atoms with E-state index in [2.05, 4.69) is 4.90 Å². The Hall–Kier alpha value is -1.41. The summed E-state index contributed by atoms with van der Waals surface area (Å²) in [6.45, 7) is 3.78. The molecule has 1 aliphatic heterocycles. The van der Waals surface area contributed by atoms with Crippen LogP contribution in [-0.2, 0) is 16.4 Å². The average Bonchev–Trinajstić information content (AvgIpc) is 2.99. The van der Waals surface area contributed by atoms with Crippen LogP contribution < -0.4 is 0 Å². The summed E-state index contributed by atoms with van der Waals surface area (Å²) in [4.78, 5) is 18.1. The second kappa shape index (κ2) is 7.45. The molecule has 1 fully saturated rings. The highest BCUT2D eigenvalue weighted by atomic mass is 35.5. The van der Waals surface area contributed by atoms with Crippen LogP contribution in [0.15, 0.2) is 41.3 Å². The van der Waals surface area contributed by atoms with Gasteiger partial charge in [-0.2, -0.15) is 0 Å². The van der Waals surface area contributed by atoms with Crippen LogP contribution in [0.4, 0.5) is 0 Å². The van der Waals surface area contributed by atoms with Crippen molar-refractivity contribution < 1.29 is 13.2 Å². The summed E-state index contributed by atoms with van der Waals surface area (Å²) in [6, 6.07) is 10.1. The quantitative estimate of drug-likeness (QED) is 0.794. The Morgan fingerprint density at radius 3 is 2.24 bits per heavy atom. The van der Waals surface area contributed by atoms with Crippen molar-refractivity contribution in [3.63, 3.8) is 0 Å². The molecule has 0 aliphatic carbocycles. The molecule has 0 bridgehead atoms. The third kappa shape index (κ3) is 4.61. The fourth-order valence-electron chi connectivity index (χ4n) is 2.79. The highest BCUT2D eigenvalue weighted by molar-refractivity contribution is 7.90. The molecule has 0 saturated carbocycles. The van der Waals surface area contributed by atoms with E-state index in [1.54, 1.807) is 23.5 Å². The Morgan fingerprint density at radius 1 is 1.08 bits per heavy atom. The van der Waals surface area contributed by atoms with Crippen LogP contribution in [0, 0.1) is 0 Å². The smallest absolute Gasteiger partial charge is 0.253 e. The van der Waals surface area contributed by atoms with E-state index >= 15 is 0 Å². The number of sulfone groups is 1. The van der Waals surface area contributed by atoms with E-state index in [4.69, 9.17) is 11.6 Å². The summed E-state index contributed by atoms with van der Waals surface area (Å²) in [5, 5.41) is 0. The molecule has 5 nitrogen and oxygen atoms in total. The Balaban J connectivity index is 1.58. The van der Waals surface area contributed by atoms with Gasteiger partial charge in [-0.15, -0.1) is 11.3 Å². The van der Waals surface area contributed by atoms with E-state index in [-0.39, 0.29) is 10.8 Å². The first-order chi connectivity index (χ1) is 11.8. The summed E-state index contributed by atoms with van der Waals surface area (Å²) >= 11 is 7.54. The second-order valence-electron chi connectivity index (χ2n) is 6.07. The van der Waals surface area contributed by atoms with E-state index < -0.39 is 9.84 Å². The molecule has 0 spiro atoms. The van der Waals surface area contributed by atoms with Crippen molar-refractivity contribution in [2.24, 2.45) is 0 Å². The van der Waals surface area contributed by atoms with Gasteiger partial charge in [0.25, 0.3) is 5.91 Å². The SMILES string of the molecule is CS(=O)(=O)c1ccc(C(=O)N2CCN(Cc3ccc(Cl)s3)CC2)cc1. The van der Waals surface area contributed by atoms with Crippen molar-refractivity contribution in [1.29, 1.82) is 0 Å². The molecule has 1 aromatic heterocycles. The number of piperazine rings is 1. The van der Waals surface area contributed by atoms with Gasteiger partial charge in [0, 0.05) is 49.4 Å². The van der Waals surface area contributed by atoms with Crippen molar-refractivity contribution in [2.45, 2.75) is 11.4 Å². The summed E-state index contributed by atoms with van der Waals surface area (Å²) in [5.41, 5.74) is 0.519. The van der Waals surface area contributed by atoms with E-state index in [1.807, 2.05) is 17.0 Å². The highest BCUT2D eigenvalue weighted by Crippen LogP contribution is 2.23. The molecular formula is C17H19ClN2O3S2. The lowest BCUT2D eigenvalue weighted by Crippen LogP contribution is -2.48. The number of halogens is 1. The monoisotopic (exact) mass is 398 g/mol.